The van der Waals surface area contributed by atoms with Crippen molar-refractivity contribution >= 4 is 5.91 Å². The summed E-state index contributed by atoms with van der Waals surface area (Å²) in [6.45, 7) is 4.26. The van der Waals surface area contributed by atoms with Gasteiger partial charge in [0, 0.05) is 0 Å². The molecule has 1 aromatic rings. The van der Waals surface area contributed by atoms with Crippen LogP contribution in [0.15, 0.2) is 24.3 Å². The van der Waals surface area contributed by atoms with Crippen molar-refractivity contribution in [2.24, 2.45) is 0 Å². The topological polar surface area (TPSA) is 58.6 Å². The third-order valence-electron chi connectivity index (χ3n) is 3.93. The lowest BCUT2D eigenvalue weighted by Gasteiger charge is -2.40. The number of carbonyl (C=O) groups is 1. The highest BCUT2D eigenvalue weighted by Crippen LogP contribution is 2.31. The SMILES string of the molecule is CC(C)c1ccc(OCC(=O)NC2(CO)CCC2)cc1. The van der Waals surface area contributed by atoms with E-state index in [0.717, 1.165) is 19.3 Å². The van der Waals surface area contributed by atoms with Crippen molar-refractivity contribution < 1.29 is 14.6 Å². The van der Waals surface area contributed by atoms with E-state index in [1.807, 2.05) is 24.3 Å². The Labute approximate surface area is 120 Å². The summed E-state index contributed by atoms with van der Waals surface area (Å²) in [6.07, 6.45) is 2.75. The van der Waals surface area contributed by atoms with E-state index in [1.165, 1.54) is 5.56 Å². The van der Waals surface area contributed by atoms with Gasteiger partial charge in [0.05, 0.1) is 12.1 Å². The summed E-state index contributed by atoms with van der Waals surface area (Å²) in [5.74, 6) is 0.998. The predicted octanol–water partition coefficient (Wildman–Crippen LogP) is 2.22. The van der Waals surface area contributed by atoms with Crippen LogP contribution in [-0.2, 0) is 4.79 Å². The van der Waals surface area contributed by atoms with Crippen molar-refractivity contribution in [2.45, 2.75) is 44.6 Å². The fourth-order valence-electron chi connectivity index (χ4n) is 2.36. The molecule has 110 valence electrons. The number of hydrogen-bond donors (Lipinski definition) is 2. The van der Waals surface area contributed by atoms with E-state index in [4.69, 9.17) is 4.74 Å². The molecule has 1 fully saturated rings. The molecule has 0 heterocycles. The van der Waals surface area contributed by atoms with Crippen LogP contribution < -0.4 is 10.1 Å². The molecule has 1 aliphatic carbocycles. The summed E-state index contributed by atoms with van der Waals surface area (Å²) in [6, 6.07) is 7.79. The van der Waals surface area contributed by atoms with Gasteiger partial charge in [-0.1, -0.05) is 26.0 Å². The molecule has 20 heavy (non-hydrogen) atoms. The first kappa shape index (κ1) is 14.9. The Hall–Kier alpha value is -1.55. The van der Waals surface area contributed by atoms with Crippen molar-refractivity contribution in [3.8, 4) is 5.75 Å². The van der Waals surface area contributed by atoms with E-state index in [-0.39, 0.29) is 19.1 Å². The van der Waals surface area contributed by atoms with E-state index >= 15 is 0 Å². The molecule has 0 aliphatic heterocycles. The van der Waals surface area contributed by atoms with Crippen LogP contribution in [0.5, 0.6) is 5.75 Å². The maximum absolute atomic E-state index is 11.8. The Kier molecular flexibility index (Phi) is 4.65. The van der Waals surface area contributed by atoms with E-state index in [2.05, 4.69) is 19.2 Å². The maximum atomic E-state index is 11.8. The second-order valence-electron chi connectivity index (χ2n) is 5.85. The Morgan fingerprint density at radius 2 is 2.00 bits per heavy atom. The van der Waals surface area contributed by atoms with Gasteiger partial charge in [0.2, 0.25) is 0 Å². The van der Waals surface area contributed by atoms with Crippen LogP contribution in [0.3, 0.4) is 0 Å². The fraction of sp³-hybridized carbons (Fsp3) is 0.562. The third kappa shape index (κ3) is 3.51. The molecule has 0 saturated heterocycles. The number of rotatable bonds is 6. The van der Waals surface area contributed by atoms with E-state index in [9.17, 15) is 9.90 Å². The van der Waals surface area contributed by atoms with Crippen LogP contribution in [0, 0.1) is 0 Å². The lowest BCUT2D eigenvalue weighted by Crippen LogP contribution is -2.57. The first-order valence-corrected chi connectivity index (χ1v) is 7.19. The first-order chi connectivity index (χ1) is 9.54. The summed E-state index contributed by atoms with van der Waals surface area (Å²) in [5.41, 5.74) is 0.845. The molecule has 1 saturated carbocycles. The molecule has 0 atom stereocenters. The smallest absolute Gasteiger partial charge is 0.258 e. The predicted molar refractivity (Wildman–Crippen MR) is 77.8 cm³/mol. The third-order valence-corrected chi connectivity index (χ3v) is 3.93. The minimum Gasteiger partial charge on any atom is -0.484 e. The zero-order valence-electron chi connectivity index (χ0n) is 12.2. The van der Waals surface area contributed by atoms with Crippen LogP contribution in [0.1, 0.15) is 44.6 Å². The Balaban J connectivity index is 1.81. The van der Waals surface area contributed by atoms with Gasteiger partial charge in [-0.05, 0) is 42.9 Å². The van der Waals surface area contributed by atoms with Crippen molar-refractivity contribution in [3.05, 3.63) is 29.8 Å². The van der Waals surface area contributed by atoms with Crippen LogP contribution >= 0.6 is 0 Å². The molecule has 0 radical (unpaired) electrons. The van der Waals surface area contributed by atoms with Gasteiger partial charge in [0.25, 0.3) is 5.91 Å². The van der Waals surface area contributed by atoms with Gasteiger partial charge in [0.1, 0.15) is 5.75 Å². The molecule has 1 aliphatic rings. The molecule has 0 bridgehead atoms. The van der Waals surface area contributed by atoms with Crippen LogP contribution in [-0.4, -0.2) is 29.8 Å². The van der Waals surface area contributed by atoms with Gasteiger partial charge < -0.3 is 15.2 Å². The molecule has 1 aromatic carbocycles. The summed E-state index contributed by atoms with van der Waals surface area (Å²) >= 11 is 0. The number of benzene rings is 1. The summed E-state index contributed by atoms with van der Waals surface area (Å²) in [4.78, 5) is 11.8. The molecular formula is C16H23NO3. The number of amides is 1. The molecule has 0 unspecified atom stereocenters. The van der Waals surface area contributed by atoms with E-state index in [0.29, 0.717) is 11.7 Å². The largest absolute Gasteiger partial charge is 0.484 e. The minimum atomic E-state index is -0.401. The molecule has 2 rings (SSSR count). The molecule has 1 amide bonds. The van der Waals surface area contributed by atoms with Gasteiger partial charge >= 0.3 is 0 Å². The number of carbonyl (C=O) groups excluding carboxylic acids is 1. The molecule has 0 aromatic heterocycles. The monoisotopic (exact) mass is 277 g/mol. The minimum absolute atomic E-state index is 0.00181. The van der Waals surface area contributed by atoms with E-state index in [1.54, 1.807) is 0 Å². The van der Waals surface area contributed by atoms with Crippen LogP contribution in [0.2, 0.25) is 0 Å². The van der Waals surface area contributed by atoms with Gasteiger partial charge in [-0.3, -0.25) is 4.79 Å². The molecule has 4 nitrogen and oxygen atoms in total. The van der Waals surface area contributed by atoms with Crippen molar-refractivity contribution in [2.75, 3.05) is 13.2 Å². The van der Waals surface area contributed by atoms with Crippen molar-refractivity contribution in [3.63, 3.8) is 0 Å². The normalized spacial score (nSPS) is 16.6. The lowest BCUT2D eigenvalue weighted by atomic mass is 9.77. The summed E-state index contributed by atoms with van der Waals surface area (Å²) in [7, 11) is 0. The van der Waals surface area contributed by atoms with E-state index < -0.39 is 5.54 Å². The van der Waals surface area contributed by atoms with Gasteiger partial charge in [-0.25, -0.2) is 0 Å². The second kappa shape index (κ2) is 6.27. The zero-order chi connectivity index (χ0) is 14.6. The van der Waals surface area contributed by atoms with Gasteiger partial charge in [0.15, 0.2) is 6.61 Å². The summed E-state index contributed by atoms with van der Waals surface area (Å²) in [5, 5.41) is 12.2. The van der Waals surface area contributed by atoms with Crippen molar-refractivity contribution in [1.82, 2.24) is 5.32 Å². The molecule has 2 N–H and O–H groups in total. The summed E-state index contributed by atoms with van der Waals surface area (Å²) < 4.78 is 5.47. The quantitative estimate of drug-likeness (QED) is 0.838. The first-order valence-electron chi connectivity index (χ1n) is 7.19. The molecule has 0 spiro atoms. The second-order valence-corrected chi connectivity index (χ2v) is 5.85. The maximum Gasteiger partial charge on any atom is 0.258 e. The number of aliphatic hydroxyl groups excluding tert-OH is 1. The van der Waals surface area contributed by atoms with Gasteiger partial charge in [-0.2, -0.15) is 0 Å². The number of ether oxygens (including phenoxy) is 1. The number of aliphatic hydroxyl groups is 1. The standard InChI is InChI=1S/C16H23NO3/c1-12(2)13-4-6-14(7-5-13)20-10-15(19)17-16(11-18)8-3-9-16/h4-7,12,18H,3,8-11H2,1-2H3,(H,17,19). The Morgan fingerprint density at radius 1 is 1.35 bits per heavy atom. The number of nitrogens with one attached hydrogen (secondary N) is 1. The zero-order valence-corrected chi connectivity index (χ0v) is 12.2. The average molecular weight is 277 g/mol. The lowest BCUT2D eigenvalue weighted by molar-refractivity contribution is -0.127. The highest BCUT2D eigenvalue weighted by molar-refractivity contribution is 5.78. The molecular weight excluding hydrogens is 254 g/mol. The highest BCUT2D eigenvalue weighted by atomic mass is 16.5. The van der Waals surface area contributed by atoms with Gasteiger partial charge in [-0.15, -0.1) is 0 Å². The highest BCUT2D eigenvalue weighted by Gasteiger charge is 2.37. The number of hydrogen-bond acceptors (Lipinski definition) is 3. The Bertz CT molecular complexity index is 444. The van der Waals surface area contributed by atoms with Crippen LogP contribution in [0.25, 0.3) is 0 Å². The molecule has 4 heteroatoms. The average Bonchev–Trinajstić information content (AvgIpc) is 2.41. The fourth-order valence-corrected chi connectivity index (χ4v) is 2.36. The Morgan fingerprint density at radius 3 is 2.45 bits per heavy atom. The van der Waals surface area contributed by atoms with Crippen molar-refractivity contribution in [1.29, 1.82) is 0 Å². The van der Waals surface area contributed by atoms with Crippen LogP contribution in [0.4, 0.5) is 0 Å².